The number of nitrogens with one attached hydrogen (secondary N) is 2. The molecule has 3 aromatic heterocycles. The predicted molar refractivity (Wildman–Crippen MR) is 73.6 cm³/mol. The van der Waals surface area contributed by atoms with E-state index in [0.29, 0.717) is 11.6 Å². The molecule has 3 aromatic rings. The van der Waals surface area contributed by atoms with Gasteiger partial charge in [0.1, 0.15) is 11.6 Å². The first kappa shape index (κ1) is 14.4. The summed E-state index contributed by atoms with van der Waals surface area (Å²) < 4.78 is 4.98. The minimum absolute atomic E-state index is 0.167. The summed E-state index contributed by atoms with van der Waals surface area (Å²) >= 11 is 0. The van der Waals surface area contributed by atoms with Crippen molar-refractivity contribution in [2.24, 2.45) is 5.73 Å². The van der Waals surface area contributed by atoms with Gasteiger partial charge in [0.2, 0.25) is 0 Å². The number of nitrogens with two attached hydrogens (primary N) is 1. The second-order valence-corrected chi connectivity index (χ2v) is 4.51. The van der Waals surface area contributed by atoms with Crippen molar-refractivity contribution in [2.75, 3.05) is 0 Å². The molecule has 0 fully saturated rings. The molecule has 11 nitrogen and oxygen atoms in total. The molecule has 0 bridgehead atoms. The molecule has 2 amide bonds. The van der Waals surface area contributed by atoms with Gasteiger partial charge in [-0.3, -0.25) is 9.59 Å². The van der Waals surface area contributed by atoms with Gasteiger partial charge in [-0.1, -0.05) is 0 Å². The Morgan fingerprint density at radius 1 is 1.04 bits per heavy atom. The maximum absolute atomic E-state index is 12.5. The molecule has 0 saturated heterocycles. The van der Waals surface area contributed by atoms with E-state index < -0.39 is 17.7 Å². The van der Waals surface area contributed by atoms with E-state index in [1.165, 1.54) is 4.90 Å². The zero-order valence-corrected chi connectivity index (χ0v) is 11.8. The van der Waals surface area contributed by atoms with Crippen LogP contribution in [-0.2, 0) is 13.1 Å². The Bertz CT molecular complexity index is 756. The summed E-state index contributed by atoms with van der Waals surface area (Å²) in [6.45, 7) is 0.335. The molecule has 0 aromatic carbocycles. The molecule has 0 unspecified atom stereocenters. The smallest absolute Gasteiger partial charge is 0.312 e. The van der Waals surface area contributed by atoms with E-state index in [0.717, 1.165) is 0 Å². The topological polar surface area (TPSA) is 160 Å². The minimum atomic E-state index is -0.903. The van der Waals surface area contributed by atoms with Crippen LogP contribution in [0.4, 0.5) is 0 Å². The molecule has 0 spiro atoms. The molecule has 0 saturated carbocycles. The molecular weight excluding hydrogens is 304 g/mol. The number of amides is 2. The molecule has 3 heterocycles. The number of rotatable bonds is 6. The lowest BCUT2D eigenvalue weighted by atomic mass is 10.4. The van der Waals surface area contributed by atoms with Gasteiger partial charge in [0, 0.05) is 24.8 Å². The third kappa shape index (κ3) is 3.23. The third-order valence-corrected chi connectivity index (χ3v) is 2.90. The Kier molecular flexibility index (Phi) is 3.82. The van der Waals surface area contributed by atoms with Crippen LogP contribution in [0.5, 0.6) is 0 Å². The van der Waals surface area contributed by atoms with E-state index >= 15 is 0 Å². The minimum Gasteiger partial charge on any atom is -0.408 e. The van der Waals surface area contributed by atoms with Crippen LogP contribution in [0.15, 0.2) is 29.2 Å². The van der Waals surface area contributed by atoms with E-state index in [-0.39, 0.29) is 19.0 Å². The summed E-state index contributed by atoms with van der Waals surface area (Å²) in [5, 5.41) is 6.97. The second-order valence-electron chi connectivity index (χ2n) is 4.51. The average Bonchev–Trinajstić information content (AvgIpc) is 3.28. The number of aromatic amines is 2. The van der Waals surface area contributed by atoms with Crippen molar-refractivity contribution >= 4 is 11.8 Å². The van der Waals surface area contributed by atoms with Gasteiger partial charge in [-0.2, -0.15) is 0 Å². The Morgan fingerprint density at radius 3 is 2.04 bits per heavy atom. The highest BCUT2D eigenvalue weighted by Gasteiger charge is 2.25. The van der Waals surface area contributed by atoms with Gasteiger partial charge in [0.25, 0.3) is 0 Å². The van der Waals surface area contributed by atoms with Crippen molar-refractivity contribution < 1.29 is 14.0 Å². The molecule has 0 radical (unpaired) electrons. The highest BCUT2D eigenvalue weighted by Crippen LogP contribution is 2.10. The van der Waals surface area contributed by atoms with Crippen LogP contribution >= 0.6 is 0 Å². The van der Waals surface area contributed by atoms with E-state index in [4.69, 9.17) is 10.2 Å². The van der Waals surface area contributed by atoms with Crippen LogP contribution in [0, 0.1) is 0 Å². The first-order valence-corrected chi connectivity index (χ1v) is 6.52. The number of carbonyl (C=O) groups excluding carboxylic acids is 2. The third-order valence-electron chi connectivity index (χ3n) is 2.90. The summed E-state index contributed by atoms with van der Waals surface area (Å²) in [6.07, 6.45) is 6.43. The Labute approximate surface area is 128 Å². The fraction of sp³-hybridized carbons (Fsp3) is 0.167. The number of hydrogen-bond donors (Lipinski definition) is 3. The first-order chi connectivity index (χ1) is 11.1. The van der Waals surface area contributed by atoms with Gasteiger partial charge in [-0.05, 0) is 0 Å². The molecule has 0 aliphatic carbocycles. The van der Waals surface area contributed by atoms with Gasteiger partial charge in [0.15, 0.2) is 0 Å². The molecule has 118 valence electrons. The Balaban J connectivity index is 1.83. The van der Waals surface area contributed by atoms with Crippen LogP contribution < -0.4 is 5.73 Å². The lowest BCUT2D eigenvalue weighted by Gasteiger charge is -2.18. The maximum atomic E-state index is 12.5. The van der Waals surface area contributed by atoms with E-state index in [1.54, 1.807) is 24.8 Å². The van der Waals surface area contributed by atoms with E-state index in [9.17, 15) is 9.59 Å². The van der Waals surface area contributed by atoms with Crippen LogP contribution in [0.2, 0.25) is 0 Å². The van der Waals surface area contributed by atoms with Crippen molar-refractivity contribution in [1.29, 1.82) is 0 Å². The molecule has 11 heteroatoms. The monoisotopic (exact) mass is 316 g/mol. The number of nitrogens with zero attached hydrogens (tertiary/aromatic N) is 5. The number of aromatic nitrogens is 6. The highest BCUT2D eigenvalue weighted by atomic mass is 16.4. The normalized spacial score (nSPS) is 10.6. The summed E-state index contributed by atoms with van der Waals surface area (Å²) in [6, 6.07) is 0. The van der Waals surface area contributed by atoms with Crippen molar-refractivity contribution in [3.63, 3.8) is 0 Å². The maximum Gasteiger partial charge on any atom is 0.312 e. The van der Waals surface area contributed by atoms with Crippen molar-refractivity contribution in [2.45, 2.75) is 13.1 Å². The van der Waals surface area contributed by atoms with Gasteiger partial charge in [-0.25, -0.2) is 9.97 Å². The molecule has 0 atom stereocenters. The van der Waals surface area contributed by atoms with E-state index in [2.05, 4.69) is 30.1 Å². The zero-order chi connectivity index (χ0) is 16.2. The van der Waals surface area contributed by atoms with Gasteiger partial charge in [-0.15, -0.1) is 10.2 Å². The van der Waals surface area contributed by atoms with Crippen molar-refractivity contribution in [3.8, 4) is 0 Å². The zero-order valence-electron chi connectivity index (χ0n) is 11.8. The van der Waals surface area contributed by atoms with Crippen LogP contribution in [0.3, 0.4) is 0 Å². The SMILES string of the molecule is NC(=O)c1nnc(C(=O)N(Cc2ncc[nH]2)Cc2ncc[nH]2)o1. The molecular formula is C12H12N8O3. The molecule has 3 rings (SSSR count). The standard InChI is InChI=1S/C12H12N8O3/c13-9(21)10-18-19-11(23-10)12(22)20(5-7-14-1-2-15-7)6-8-16-3-4-17-8/h1-4H,5-6H2,(H2,13,21)(H,14,15)(H,16,17). The molecule has 0 aliphatic rings. The number of carbonyl (C=O) groups is 2. The van der Waals surface area contributed by atoms with Gasteiger partial charge in [0.05, 0.1) is 13.1 Å². The molecule has 23 heavy (non-hydrogen) atoms. The molecule has 4 N–H and O–H groups in total. The second kappa shape index (κ2) is 6.09. The fourth-order valence-corrected chi connectivity index (χ4v) is 1.87. The van der Waals surface area contributed by atoms with Crippen molar-refractivity contribution in [3.05, 3.63) is 48.2 Å². The van der Waals surface area contributed by atoms with Crippen molar-refractivity contribution in [1.82, 2.24) is 35.0 Å². The summed E-state index contributed by atoms with van der Waals surface area (Å²) in [7, 11) is 0. The predicted octanol–water partition coefficient (Wildman–Crippen LogP) is -0.543. The number of primary amides is 1. The average molecular weight is 316 g/mol. The number of imidazole rings is 2. The van der Waals surface area contributed by atoms with Crippen LogP contribution in [0.1, 0.15) is 33.0 Å². The van der Waals surface area contributed by atoms with Crippen LogP contribution in [0.25, 0.3) is 0 Å². The number of H-pyrrole nitrogens is 2. The summed E-state index contributed by atoms with van der Waals surface area (Å²) in [5.74, 6) is -1.10. The van der Waals surface area contributed by atoms with Gasteiger partial charge < -0.3 is 25.0 Å². The molecule has 0 aliphatic heterocycles. The summed E-state index contributed by atoms with van der Waals surface area (Å²) in [5.41, 5.74) is 5.03. The van der Waals surface area contributed by atoms with Crippen LogP contribution in [-0.4, -0.2) is 46.8 Å². The lowest BCUT2D eigenvalue weighted by molar-refractivity contribution is 0.0678. The highest BCUT2D eigenvalue weighted by molar-refractivity contribution is 5.91. The Hall–Kier alpha value is -3.50. The fourth-order valence-electron chi connectivity index (χ4n) is 1.87. The van der Waals surface area contributed by atoms with Gasteiger partial charge >= 0.3 is 23.6 Å². The largest absolute Gasteiger partial charge is 0.408 e. The summed E-state index contributed by atoms with van der Waals surface area (Å²) in [4.78, 5) is 38.9. The first-order valence-electron chi connectivity index (χ1n) is 6.52. The number of hydrogen-bond acceptors (Lipinski definition) is 7. The Morgan fingerprint density at radius 2 is 1.61 bits per heavy atom. The van der Waals surface area contributed by atoms with E-state index in [1.807, 2.05) is 0 Å². The quantitative estimate of drug-likeness (QED) is 0.550. The lowest BCUT2D eigenvalue weighted by Crippen LogP contribution is -2.31.